The van der Waals surface area contributed by atoms with Gasteiger partial charge in [-0.05, 0) is 24.7 Å². The van der Waals surface area contributed by atoms with E-state index in [2.05, 4.69) is 0 Å². The van der Waals surface area contributed by atoms with E-state index in [9.17, 15) is 0 Å². The molecule has 0 bridgehead atoms. The molecule has 0 radical (unpaired) electrons. The van der Waals surface area contributed by atoms with Gasteiger partial charge < -0.3 is 5.73 Å². The van der Waals surface area contributed by atoms with E-state index in [0.29, 0.717) is 12.0 Å². The molecule has 2 fully saturated rings. The lowest BCUT2D eigenvalue weighted by Crippen LogP contribution is -2.28. The number of hydrogen-bond donors (Lipinski definition) is 1. The summed E-state index contributed by atoms with van der Waals surface area (Å²) in [5.41, 5.74) is 6.04. The minimum atomic E-state index is 0. The maximum Gasteiger partial charge on any atom is 0.0631 e. The Hall–Kier alpha value is 0.540. The largest absolute Gasteiger partial charge is 0.329 e. The van der Waals surface area contributed by atoms with Crippen LogP contribution in [0.25, 0.3) is 0 Å². The highest BCUT2D eigenvalue weighted by Gasteiger charge is 2.67. The highest BCUT2D eigenvalue weighted by molar-refractivity contribution is 6.27. The summed E-state index contributed by atoms with van der Waals surface area (Å²) in [6.45, 7) is 0.675. The van der Waals surface area contributed by atoms with Crippen LogP contribution in [0.2, 0.25) is 0 Å². The van der Waals surface area contributed by atoms with E-state index in [-0.39, 0.29) is 17.3 Å². The molecule has 60 valence electrons. The molecular weight excluding hydrogens is 169 g/mol. The third kappa shape index (κ3) is 0.806. The lowest BCUT2D eigenvalue weighted by Gasteiger charge is -2.29. The fraction of sp³-hybridized carbons (Fsp3) is 1.00. The van der Waals surface area contributed by atoms with Crippen molar-refractivity contribution in [2.45, 2.75) is 30.6 Å². The van der Waals surface area contributed by atoms with E-state index in [1.54, 1.807) is 0 Å². The van der Waals surface area contributed by atoms with Crippen LogP contribution in [-0.2, 0) is 0 Å². The molecule has 0 saturated heterocycles. The van der Waals surface area contributed by atoms with Crippen LogP contribution >= 0.6 is 24.0 Å². The maximum atomic E-state index is 6.16. The van der Waals surface area contributed by atoms with E-state index in [1.807, 2.05) is 0 Å². The van der Waals surface area contributed by atoms with Gasteiger partial charge in [0.05, 0.1) is 4.87 Å². The summed E-state index contributed by atoms with van der Waals surface area (Å²) in [7, 11) is 0. The molecule has 0 heterocycles. The van der Waals surface area contributed by atoms with Crippen molar-refractivity contribution in [1.82, 2.24) is 0 Å². The molecule has 2 aliphatic carbocycles. The third-order valence-electron chi connectivity index (χ3n) is 3.08. The lowest BCUT2D eigenvalue weighted by molar-refractivity contribution is 0.268. The molecule has 2 saturated carbocycles. The highest BCUT2D eigenvalue weighted by atomic mass is 35.5. The van der Waals surface area contributed by atoms with Gasteiger partial charge in [0.2, 0.25) is 0 Å². The molecular formula is C7H13Cl2N. The summed E-state index contributed by atoms with van der Waals surface area (Å²) < 4.78 is 0. The van der Waals surface area contributed by atoms with Crippen LogP contribution in [0.3, 0.4) is 0 Å². The molecule has 10 heavy (non-hydrogen) atoms. The SMILES string of the molecule is Cl.NCC1(Cl)CC12CCC2. The second-order valence-electron chi connectivity index (χ2n) is 3.48. The van der Waals surface area contributed by atoms with Gasteiger partial charge in [-0.2, -0.15) is 0 Å². The second kappa shape index (κ2) is 2.26. The maximum absolute atomic E-state index is 6.16. The number of alkyl halides is 1. The summed E-state index contributed by atoms with van der Waals surface area (Å²) in [6, 6.07) is 0. The van der Waals surface area contributed by atoms with E-state index in [4.69, 9.17) is 17.3 Å². The molecule has 0 amide bonds. The molecule has 0 aliphatic heterocycles. The Labute approximate surface area is 72.7 Å². The third-order valence-corrected chi connectivity index (χ3v) is 3.77. The van der Waals surface area contributed by atoms with E-state index in [0.717, 1.165) is 0 Å². The quantitative estimate of drug-likeness (QED) is 0.616. The van der Waals surface area contributed by atoms with Crippen molar-refractivity contribution >= 4 is 24.0 Å². The second-order valence-corrected chi connectivity index (χ2v) is 4.20. The van der Waals surface area contributed by atoms with Gasteiger partial charge >= 0.3 is 0 Å². The predicted molar refractivity (Wildman–Crippen MR) is 45.8 cm³/mol. The fourth-order valence-corrected chi connectivity index (χ4v) is 2.45. The van der Waals surface area contributed by atoms with Gasteiger partial charge in [-0.15, -0.1) is 24.0 Å². The van der Waals surface area contributed by atoms with Crippen molar-refractivity contribution in [3.05, 3.63) is 0 Å². The molecule has 1 atom stereocenters. The molecule has 1 spiro atoms. The Bertz CT molecular complexity index is 137. The Morgan fingerprint density at radius 2 is 2.00 bits per heavy atom. The zero-order valence-corrected chi connectivity index (χ0v) is 7.47. The van der Waals surface area contributed by atoms with Gasteiger partial charge in [-0.1, -0.05) is 6.42 Å². The van der Waals surface area contributed by atoms with Crippen LogP contribution in [0, 0.1) is 5.41 Å². The molecule has 1 nitrogen and oxygen atoms in total. The number of rotatable bonds is 1. The average molecular weight is 182 g/mol. The van der Waals surface area contributed by atoms with Crippen molar-refractivity contribution in [2.24, 2.45) is 11.1 Å². The summed E-state index contributed by atoms with van der Waals surface area (Å²) in [5.74, 6) is 0. The zero-order valence-electron chi connectivity index (χ0n) is 5.90. The van der Waals surface area contributed by atoms with Crippen LogP contribution in [0.1, 0.15) is 25.7 Å². The van der Waals surface area contributed by atoms with E-state index >= 15 is 0 Å². The first kappa shape index (κ1) is 8.63. The van der Waals surface area contributed by atoms with Gasteiger partial charge in [-0.3, -0.25) is 0 Å². The molecule has 1 unspecified atom stereocenters. The Morgan fingerprint density at radius 3 is 2.10 bits per heavy atom. The van der Waals surface area contributed by atoms with E-state index < -0.39 is 0 Å². The van der Waals surface area contributed by atoms with Crippen LogP contribution in [0.15, 0.2) is 0 Å². The van der Waals surface area contributed by atoms with Crippen LogP contribution in [0.4, 0.5) is 0 Å². The van der Waals surface area contributed by atoms with Gasteiger partial charge in [-0.25, -0.2) is 0 Å². The van der Waals surface area contributed by atoms with Gasteiger partial charge in [0.15, 0.2) is 0 Å². The molecule has 0 aromatic rings. The van der Waals surface area contributed by atoms with Crippen LogP contribution in [-0.4, -0.2) is 11.4 Å². The summed E-state index contributed by atoms with van der Waals surface area (Å²) in [4.78, 5) is 0.0330. The topological polar surface area (TPSA) is 26.0 Å². The van der Waals surface area contributed by atoms with Crippen LogP contribution < -0.4 is 5.73 Å². The number of hydrogen-bond acceptors (Lipinski definition) is 1. The van der Waals surface area contributed by atoms with Crippen molar-refractivity contribution in [3.8, 4) is 0 Å². The van der Waals surface area contributed by atoms with Gasteiger partial charge in [0.25, 0.3) is 0 Å². The Morgan fingerprint density at radius 1 is 1.40 bits per heavy atom. The zero-order chi connectivity index (χ0) is 6.54. The highest BCUT2D eigenvalue weighted by Crippen LogP contribution is 2.70. The standard InChI is InChI=1S/C7H12ClN.ClH/c8-7(5-9)4-6(7)2-1-3-6;/h1-5,9H2;1H. The Kier molecular flexibility index (Phi) is 1.95. The fourth-order valence-electron chi connectivity index (χ4n) is 2.01. The first-order chi connectivity index (χ1) is 4.22. The van der Waals surface area contributed by atoms with Crippen LogP contribution in [0.5, 0.6) is 0 Å². The molecule has 2 aliphatic rings. The number of nitrogens with two attached hydrogens (primary N) is 1. The minimum Gasteiger partial charge on any atom is -0.329 e. The molecule has 0 aromatic carbocycles. The summed E-state index contributed by atoms with van der Waals surface area (Å²) in [6.07, 6.45) is 5.20. The molecule has 0 aromatic heterocycles. The van der Waals surface area contributed by atoms with Crippen molar-refractivity contribution in [2.75, 3.05) is 6.54 Å². The molecule has 3 heteroatoms. The smallest absolute Gasteiger partial charge is 0.0631 e. The lowest BCUT2D eigenvalue weighted by atomic mass is 9.79. The summed E-state index contributed by atoms with van der Waals surface area (Å²) in [5, 5.41) is 0. The van der Waals surface area contributed by atoms with Gasteiger partial charge in [0.1, 0.15) is 0 Å². The summed E-state index contributed by atoms with van der Waals surface area (Å²) >= 11 is 6.16. The first-order valence-corrected chi connectivity index (χ1v) is 3.99. The number of halogens is 2. The van der Waals surface area contributed by atoms with Crippen molar-refractivity contribution < 1.29 is 0 Å². The normalized spacial score (nSPS) is 40.2. The predicted octanol–water partition coefficient (Wildman–Crippen LogP) is 1.92. The first-order valence-electron chi connectivity index (χ1n) is 3.61. The van der Waals surface area contributed by atoms with Crippen molar-refractivity contribution in [3.63, 3.8) is 0 Å². The molecule has 2 rings (SSSR count). The minimum absolute atomic E-state index is 0. The Balaban J connectivity index is 0.000000500. The average Bonchev–Trinajstić information content (AvgIpc) is 2.38. The monoisotopic (exact) mass is 181 g/mol. The van der Waals surface area contributed by atoms with Crippen molar-refractivity contribution in [1.29, 1.82) is 0 Å². The molecule has 2 N–H and O–H groups in total. The van der Waals surface area contributed by atoms with Gasteiger partial charge in [0, 0.05) is 6.54 Å². The van der Waals surface area contributed by atoms with E-state index in [1.165, 1.54) is 25.7 Å².